The third kappa shape index (κ3) is 4.35. The molecule has 0 aliphatic heterocycles. The lowest BCUT2D eigenvalue weighted by molar-refractivity contribution is 0.913. The molecule has 0 heterocycles. The Morgan fingerprint density at radius 3 is 2.00 bits per heavy atom. The summed E-state index contributed by atoms with van der Waals surface area (Å²) in [5.74, 6) is 0. The van der Waals surface area contributed by atoms with Crippen LogP contribution in [0.25, 0.3) is 0 Å². The Morgan fingerprint density at radius 2 is 2.00 bits per heavy atom. The van der Waals surface area contributed by atoms with E-state index in [4.69, 9.17) is 12.6 Å². The molecular formula is C4H9S. The number of hydrogen-bond donors (Lipinski definition) is 0. The highest BCUT2D eigenvalue weighted by Gasteiger charge is 1.82. The second-order valence-electron chi connectivity index (χ2n) is 1.22. The zero-order valence-corrected chi connectivity index (χ0v) is 4.51. The molecule has 0 aliphatic rings. The standard InChI is InChI=1S/C4H9S/c1-3-4(2)5/h4H,3H2,1-2H3/t4-/m0/s1. The van der Waals surface area contributed by atoms with Crippen LogP contribution in [0.1, 0.15) is 20.3 Å². The van der Waals surface area contributed by atoms with Crippen LogP contribution in [0.4, 0.5) is 0 Å². The van der Waals surface area contributed by atoms with Crippen molar-refractivity contribution in [1.82, 2.24) is 0 Å². The predicted octanol–water partition coefficient (Wildman–Crippen LogP) is 1.98. The molecule has 0 N–H and O–H groups in total. The van der Waals surface area contributed by atoms with Gasteiger partial charge in [0.1, 0.15) is 0 Å². The Labute approximate surface area is 39.0 Å². The van der Waals surface area contributed by atoms with E-state index in [1.54, 1.807) is 0 Å². The molecule has 1 radical (unpaired) electrons. The number of hydrogen-bond acceptors (Lipinski definition) is 0. The van der Waals surface area contributed by atoms with Crippen molar-refractivity contribution >= 4 is 12.6 Å². The van der Waals surface area contributed by atoms with Crippen molar-refractivity contribution in [3.63, 3.8) is 0 Å². The minimum Gasteiger partial charge on any atom is -0.0908 e. The molecule has 0 unspecified atom stereocenters. The molecule has 0 fully saturated rings. The van der Waals surface area contributed by atoms with Gasteiger partial charge in [-0.05, 0) is 6.42 Å². The van der Waals surface area contributed by atoms with Crippen LogP contribution in [0.15, 0.2) is 0 Å². The van der Waals surface area contributed by atoms with Crippen molar-refractivity contribution in [2.75, 3.05) is 0 Å². The molecule has 0 aromatic heterocycles. The first kappa shape index (κ1) is 5.35. The van der Waals surface area contributed by atoms with Gasteiger partial charge in [-0.2, -0.15) is 0 Å². The summed E-state index contributed by atoms with van der Waals surface area (Å²) in [5.41, 5.74) is 0. The average molecular weight is 89.2 g/mol. The average Bonchev–Trinajstić information content (AvgIpc) is 1.38. The minimum absolute atomic E-state index is 0.468. The van der Waals surface area contributed by atoms with Gasteiger partial charge < -0.3 is 0 Å². The van der Waals surface area contributed by atoms with Gasteiger partial charge in [0.05, 0.1) is 0 Å². The van der Waals surface area contributed by atoms with Crippen molar-refractivity contribution in [2.45, 2.75) is 25.5 Å². The summed E-state index contributed by atoms with van der Waals surface area (Å²) in [6.45, 7) is 4.13. The molecule has 5 heavy (non-hydrogen) atoms. The van der Waals surface area contributed by atoms with E-state index in [9.17, 15) is 0 Å². The third-order valence-electron chi connectivity index (χ3n) is 0.575. The largest absolute Gasteiger partial charge is 0.0908 e. The Bertz CT molecular complexity index is 17.6. The molecule has 1 atom stereocenters. The fraction of sp³-hybridized carbons (Fsp3) is 1.00. The van der Waals surface area contributed by atoms with Crippen molar-refractivity contribution in [1.29, 1.82) is 0 Å². The fourth-order valence-corrected chi connectivity index (χ4v) is 0. The zero-order valence-electron chi connectivity index (χ0n) is 3.69. The maximum atomic E-state index is 4.78. The third-order valence-corrected chi connectivity index (χ3v) is 0.908. The van der Waals surface area contributed by atoms with Crippen molar-refractivity contribution in [3.05, 3.63) is 0 Å². The Kier molecular flexibility index (Phi) is 2.76. The molecule has 0 bridgehead atoms. The topological polar surface area (TPSA) is 0 Å². The Balaban J connectivity index is 2.54. The van der Waals surface area contributed by atoms with E-state index in [-0.39, 0.29) is 0 Å². The summed E-state index contributed by atoms with van der Waals surface area (Å²) in [6, 6.07) is 0. The lowest BCUT2D eigenvalue weighted by Gasteiger charge is -1.88. The summed E-state index contributed by atoms with van der Waals surface area (Å²) in [4.78, 5) is 0. The molecular weight excluding hydrogens is 80.1 g/mol. The molecule has 0 aromatic rings. The molecule has 0 spiro atoms. The van der Waals surface area contributed by atoms with Gasteiger partial charge in [-0.25, -0.2) is 0 Å². The van der Waals surface area contributed by atoms with Crippen LogP contribution in [0, 0.1) is 0 Å². The summed E-state index contributed by atoms with van der Waals surface area (Å²) in [5, 5.41) is 0.468. The second-order valence-corrected chi connectivity index (χ2v) is 2.02. The number of rotatable bonds is 1. The first-order chi connectivity index (χ1) is 2.27. The van der Waals surface area contributed by atoms with Gasteiger partial charge in [-0.3, -0.25) is 0 Å². The highest BCUT2D eigenvalue weighted by molar-refractivity contribution is 7.80. The highest BCUT2D eigenvalue weighted by atomic mass is 32.1. The summed E-state index contributed by atoms with van der Waals surface area (Å²) >= 11 is 4.78. The van der Waals surface area contributed by atoms with Gasteiger partial charge in [0.25, 0.3) is 0 Å². The van der Waals surface area contributed by atoms with Crippen molar-refractivity contribution < 1.29 is 0 Å². The van der Waals surface area contributed by atoms with E-state index in [0.29, 0.717) is 5.25 Å². The monoisotopic (exact) mass is 89.0 g/mol. The molecule has 0 saturated heterocycles. The van der Waals surface area contributed by atoms with Crippen LogP contribution in [0.2, 0.25) is 0 Å². The van der Waals surface area contributed by atoms with E-state index in [1.165, 1.54) is 0 Å². The van der Waals surface area contributed by atoms with E-state index >= 15 is 0 Å². The van der Waals surface area contributed by atoms with E-state index < -0.39 is 0 Å². The van der Waals surface area contributed by atoms with Crippen molar-refractivity contribution in [2.24, 2.45) is 0 Å². The first-order valence-corrected chi connectivity index (χ1v) is 2.40. The second kappa shape index (κ2) is 2.58. The summed E-state index contributed by atoms with van der Waals surface area (Å²) in [7, 11) is 0. The fourth-order valence-electron chi connectivity index (χ4n) is 0. The first-order valence-electron chi connectivity index (χ1n) is 1.93. The maximum absolute atomic E-state index is 4.78. The van der Waals surface area contributed by atoms with Gasteiger partial charge in [0.15, 0.2) is 0 Å². The zero-order chi connectivity index (χ0) is 4.28. The van der Waals surface area contributed by atoms with E-state index in [2.05, 4.69) is 6.92 Å². The van der Waals surface area contributed by atoms with E-state index in [1.807, 2.05) is 6.92 Å². The predicted molar refractivity (Wildman–Crippen MR) is 27.3 cm³/mol. The Hall–Kier alpha value is 0.350. The van der Waals surface area contributed by atoms with Crippen LogP contribution in [-0.2, 0) is 0 Å². The quantitative estimate of drug-likeness (QED) is 0.461. The molecule has 1 heteroatoms. The van der Waals surface area contributed by atoms with Crippen LogP contribution >= 0.6 is 12.6 Å². The molecule has 0 aromatic carbocycles. The van der Waals surface area contributed by atoms with Gasteiger partial charge in [-0.15, -0.1) is 0 Å². The molecule has 0 aliphatic carbocycles. The van der Waals surface area contributed by atoms with E-state index in [0.717, 1.165) is 6.42 Å². The Morgan fingerprint density at radius 1 is 1.80 bits per heavy atom. The van der Waals surface area contributed by atoms with Crippen LogP contribution in [0.5, 0.6) is 0 Å². The molecule has 31 valence electrons. The SMILES string of the molecule is CC[C@H](C)[S]. The van der Waals surface area contributed by atoms with Gasteiger partial charge in [0.2, 0.25) is 0 Å². The minimum atomic E-state index is 0.468. The van der Waals surface area contributed by atoms with Crippen LogP contribution in [-0.4, -0.2) is 5.25 Å². The highest BCUT2D eigenvalue weighted by Crippen LogP contribution is 1.94. The normalized spacial score (nSPS) is 15.0. The summed E-state index contributed by atoms with van der Waals surface area (Å²) in [6.07, 6.45) is 1.12. The van der Waals surface area contributed by atoms with Gasteiger partial charge in [-0.1, -0.05) is 26.5 Å². The summed E-state index contributed by atoms with van der Waals surface area (Å²) < 4.78 is 0. The molecule has 0 nitrogen and oxygen atoms in total. The molecule has 0 saturated carbocycles. The van der Waals surface area contributed by atoms with Gasteiger partial charge >= 0.3 is 0 Å². The lowest BCUT2D eigenvalue weighted by atomic mass is 10.4. The van der Waals surface area contributed by atoms with Crippen LogP contribution in [0.3, 0.4) is 0 Å². The van der Waals surface area contributed by atoms with Crippen LogP contribution < -0.4 is 0 Å². The van der Waals surface area contributed by atoms with Gasteiger partial charge in [0, 0.05) is 5.25 Å². The smallest absolute Gasteiger partial charge is 0.0120 e. The molecule has 0 amide bonds. The lowest BCUT2D eigenvalue weighted by Crippen LogP contribution is -1.81. The van der Waals surface area contributed by atoms with Crippen molar-refractivity contribution in [3.8, 4) is 0 Å². The maximum Gasteiger partial charge on any atom is 0.0120 e. The molecule has 0 rings (SSSR count).